The fourth-order valence-corrected chi connectivity index (χ4v) is 4.72. The highest BCUT2D eigenvalue weighted by Gasteiger charge is 2.47. The molecule has 5 rings (SSSR count). The van der Waals surface area contributed by atoms with E-state index in [-0.39, 0.29) is 11.9 Å². The Morgan fingerprint density at radius 3 is 2.79 bits per heavy atom. The Hall–Kier alpha value is -3.12. The summed E-state index contributed by atoms with van der Waals surface area (Å²) in [5, 5.41) is 10.8. The molecule has 29 heavy (non-hydrogen) atoms. The van der Waals surface area contributed by atoms with Crippen LogP contribution in [0.5, 0.6) is 5.75 Å². The summed E-state index contributed by atoms with van der Waals surface area (Å²) >= 11 is 0. The van der Waals surface area contributed by atoms with Gasteiger partial charge in [0.15, 0.2) is 0 Å². The third kappa shape index (κ3) is 3.19. The number of hydrogen-bond acceptors (Lipinski definition) is 4. The Morgan fingerprint density at radius 1 is 1.10 bits per heavy atom. The van der Waals surface area contributed by atoms with Gasteiger partial charge in [-0.15, -0.1) is 0 Å². The number of aromatic nitrogens is 2. The van der Waals surface area contributed by atoms with Crippen LogP contribution in [0, 0.1) is 11.8 Å². The van der Waals surface area contributed by atoms with Crippen molar-refractivity contribution in [3.8, 4) is 17.0 Å². The number of amides is 1. The number of fused-ring (bicyclic) bond motifs is 1. The first-order valence-corrected chi connectivity index (χ1v) is 10.0. The van der Waals surface area contributed by atoms with E-state index < -0.39 is 0 Å². The van der Waals surface area contributed by atoms with Crippen LogP contribution in [0.25, 0.3) is 11.3 Å². The van der Waals surface area contributed by atoms with Crippen molar-refractivity contribution in [1.29, 1.82) is 0 Å². The summed E-state index contributed by atoms with van der Waals surface area (Å²) in [6.07, 6.45) is 0. The van der Waals surface area contributed by atoms with Gasteiger partial charge in [0.05, 0.1) is 18.8 Å². The standard InChI is InChI=1S/C23H24N4O2/c1-29-18-9-5-8-16(10-18)20-11-21(26-25-20)23(28)27-14-17-12-24-13-19(17)22(27)15-6-3-2-4-7-15/h2-11,17,19,22,24H,12-14H2,1H3,(H,25,26)/t17-,19-,22+/m0/s1. The van der Waals surface area contributed by atoms with E-state index in [0.29, 0.717) is 17.5 Å². The van der Waals surface area contributed by atoms with Crippen molar-refractivity contribution < 1.29 is 9.53 Å². The maximum atomic E-state index is 13.4. The molecule has 2 aliphatic rings. The van der Waals surface area contributed by atoms with Gasteiger partial charge >= 0.3 is 0 Å². The Balaban J connectivity index is 1.44. The minimum atomic E-state index is 0.00917. The smallest absolute Gasteiger partial charge is 0.272 e. The molecule has 2 aromatic carbocycles. The van der Waals surface area contributed by atoms with Crippen LogP contribution in [0.4, 0.5) is 0 Å². The first-order chi connectivity index (χ1) is 14.2. The second-order valence-electron chi connectivity index (χ2n) is 7.79. The minimum absolute atomic E-state index is 0.00917. The maximum absolute atomic E-state index is 13.4. The van der Waals surface area contributed by atoms with Crippen LogP contribution in [0.3, 0.4) is 0 Å². The molecule has 3 aromatic rings. The number of carbonyl (C=O) groups is 1. The maximum Gasteiger partial charge on any atom is 0.272 e. The lowest BCUT2D eigenvalue weighted by atomic mass is 9.89. The van der Waals surface area contributed by atoms with E-state index in [2.05, 4.69) is 27.6 Å². The molecule has 2 aliphatic heterocycles. The van der Waals surface area contributed by atoms with E-state index in [1.165, 1.54) is 5.56 Å². The highest BCUT2D eigenvalue weighted by atomic mass is 16.5. The van der Waals surface area contributed by atoms with Crippen molar-refractivity contribution in [3.63, 3.8) is 0 Å². The number of nitrogens with zero attached hydrogens (tertiary/aromatic N) is 2. The number of likely N-dealkylation sites (tertiary alicyclic amines) is 1. The first-order valence-electron chi connectivity index (χ1n) is 10.0. The second-order valence-corrected chi connectivity index (χ2v) is 7.79. The second kappa shape index (κ2) is 7.37. The average Bonchev–Trinajstić information content (AvgIpc) is 3.49. The molecule has 6 nitrogen and oxygen atoms in total. The van der Waals surface area contributed by atoms with Crippen LogP contribution in [-0.2, 0) is 0 Å². The number of methoxy groups -OCH3 is 1. The molecule has 148 valence electrons. The lowest BCUT2D eigenvalue weighted by Crippen LogP contribution is -2.34. The molecule has 6 heteroatoms. The van der Waals surface area contributed by atoms with Gasteiger partial charge < -0.3 is 15.0 Å². The molecule has 0 aliphatic carbocycles. The number of hydrogen-bond donors (Lipinski definition) is 2. The van der Waals surface area contributed by atoms with Crippen molar-refractivity contribution in [2.24, 2.45) is 11.8 Å². The molecule has 0 spiro atoms. The lowest BCUT2D eigenvalue weighted by molar-refractivity contribution is 0.0708. The summed E-state index contributed by atoms with van der Waals surface area (Å²) < 4.78 is 5.30. The molecular formula is C23H24N4O2. The fourth-order valence-electron chi connectivity index (χ4n) is 4.72. The van der Waals surface area contributed by atoms with Gasteiger partial charge in [0, 0.05) is 31.1 Å². The lowest BCUT2D eigenvalue weighted by Gasteiger charge is -2.28. The van der Waals surface area contributed by atoms with E-state index in [0.717, 1.165) is 36.6 Å². The van der Waals surface area contributed by atoms with Crippen molar-refractivity contribution in [3.05, 3.63) is 71.9 Å². The molecule has 2 saturated heterocycles. The number of rotatable bonds is 4. The van der Waals surface area contributed by atoms with Gasteiger partial charge in [-0.1, -0.05) is 42.5 Å². The molecule has 0 saturated carbocycles. The van der Waals surface area contributed by atoms with Gasteiger partial charge in [0.25, 0.3) is 5.91 Å². The predicted octanol–water partition coefficient (Wildman–Crippen LogP) is 3.12. The molecule has 2 N–H and O–H groups in total. The number of nitrogens with one attached hydrogen (secondary N) is 2. The summed E-state index contributed by atoms with van der Waals surface area (Å²) in [4.78, 5) is 15.5. The van der Waals surface area contributed by atoms with Crippen LogP contribution in [0.15, 0.2) is 60.7 Å². The third-order valence-corrected chi connectivity index (χ3v) is 6.14. The van der Waals surface area contributed by atoms with E-state index in [1.54, 1.807) is 7.11 Å². The Bertz CT molecular complexity index is 1020. The predicted molar refractivity (Wildman–Crippen MR) is 111 cm³/mol. The zero-order valence-corrected chi connectivity index (χ0v) is 16.3. The van der Waals surface area contributed by atoms with E-state index in [9.17, 15) is 4.79 Å². The van der Waals surface area contributed by atoms with Gasteiger partial charge in [-0.05, 0) is 29.7 Å². The third-order valence-electron chi connectivity index (χ3n) is 6.14. The van der Waals surface area contributed by atoms with E-state index in [4.69, 9.17) is 4.74 Å². The zero-order chi connectivity index (χ0) is 19.8. The van der Waals surface area contributed by atoms with Gasteiger partial charge in [-0.25, -0.2) is 0 Å². The van der Waals surface area contributed by atoms with Crippen molar-refractivity contribution >= 4 is 5.91 Å². The number of benzene rings is 2. The number of H-pyrrole nitrogens is 1. The minimum Gasteiger partial charge on any atom is -0.497 e. The number of aromatic amines is 1. The zero-order valence-electron chi connectivity index (χ0n) is 16.3. The molecule has 1 amide bonds. The molecule has 0 bridgehead atoms. The fraction of sp³-hybridized carbons (Fsp3) is 0.304. The van der Waals surface area contributed by atoms with E-state index in [1.807, 2.05) is 53.4 Å². The summed E-state index contributed by atoms with van der Waals surface area (Å²) in [7, 11) is 1.64. The highest BCUT2D eigenvalue weighted by Crippen LogP contribution is 2.43. The number of carbonyl (C=O) groups excluding carboxylic acids is 1. The van der Waals surface area contributed by atoms with Gasteiger partial charge in [-0.3, -0.25) is 9.89 Å². The first kappa shape index (κ1) is 17.9. The molecule has 1 aromatic heterocycles. The van der Waals surface area contributed by atoms with Crippen LogP contribution in [0.2, 0.25) is 0 Å². The largest absolute Gasteiger partial charge is 0.497 e. The summed E-state index contributed by atoms with van der Waals surface area (Å²) in [5.41, 5.74) is 3.38. The number of ether oxygens (including phenoxy) is 1. The van der Waals surface area contributed by atoms with Gasteiger partial charge in [0.2, 0.25) is 0 Å². The van der Waals surface area contributed by atoms with Crippen LogP contribution in [0.1, 0.15) is 22.1 Å². The van der Waals surface area contributed by atoms with Crippen molar-refractivity contribution in [1.82, 2.24) is 20.4 Å². The topological polar surface area (TPSA) is 70.2 Å². The molecule has 2 fully saturated rings. The SMILES string of the molecule is COc1cccc(-c2cc(C(=O)N3C[C@@H]4CNC[C@@H]4[C@H]3c3ccccc3)[nH]n2)c1. The van der Waals surface area contributed by atoms with Gasteiger partial charge in [0.1, 0.15) is 11.4 Å². The Labute approximate surface area is 169 Å². The Kier molecular flexibility index (Phi) is 4.56. The van der Waals surface area contributed by atoms with Crippen LogP contribution < -0.4 is 10.1 Å². The van der Waals surface area contributed by atoms with Crippen molar-refractivity contribution in [2.45, 2.75) is 6.04 Å². The quantitative estimate of drug-likeness (QED) is 0.721. The molecule has 3 atom stereocenters. The average molecular weight is 388 g/mol. The summed E-state index contributed by atoms with van der Waals surface area (Å²) in [6, 6.07) is 20.0. The molecular weight excluding hydrogens is 364 g/mol. The monoisotopic (exact) mass is 388 g/mol. The van der Waals surface area contributed by atoms with Crippen LogP contribution in [-0.4, -0.2) is 47.7 Å². The van der Waals surface area contributed by atoms with E-state index >= 15 is 0 Å². The van der Waals surface area contributed by atoms with Crippen LogP contribution >= 0.6 is 0 Å². The molecule has 0 radical (unpaired) electrons. The molecule has 0 unspecified atom stereocenters. The summed E-state index contributed by atoms with van der Waals surface area (Å²) in [6.45, 7) is 2.69. The Morgan fingerprint density at radius 2 is 1.97 bits per heavy atom. The van der Waals surface area contributed by atoms with Crippen molar-refractivity contribution in [2.75, 3.05) is 26.7 Å². The molecule has 3 heterocycles. The normalized spacial score (nSPS) is 23.2. The highest BCUT2D eigenvalue weighted by molar-refractivity contribution is 5.94. The summed E-state index contributed by atoms with van der Waals surface area (Å²) in [5.74, 6) is 1.71. The van der Waals surface area contributed by atoms with Gasteiger partial charge in [-0.2, -0.15) is 5.10 Å².